The van der Waals surface area contributed by atoms with Crippen molar-refractivity contribution < 1.29 is 0 Å². The molecule has 1 aromatic rings. The third kappa shape index (κ3) is 6.45. The van der Waals surface area contributed by atoms with Gasteiger partial charge in [0.2, 0.25) is 0 Å². The van der Waals surface area contributed by atoms with Crippen LogP contribution in [0.2, 0.25) is 0 Å². The first kappa shape index (κ1) is 17.8. The summed E-state index contributed by atoms with van der Waals surface area (Å²) in [4.78, 5) is 0. The van der Waals surface area contributed by atoms with Crippen molar-refractivity contribution in [3.05, 3.63) is 29.8 Å². The highest BCUT2D eigenvalue weighted by molar-refractivity contribution is 8.30. The van der Waals surface area contributed by atoms with Gasteiger partial charge in [-0.25, -0.2) is 0 Å². The molecule has 0 saturated carbocycles. The van der Waals surface area contributed by atoms with E-state index in [1.54, 1.807) is 11.7 Å². The molecule has 0 aliphatic rings. The molecule has 0 spiro atoms. The van der Waals surface area contributed by atoms with Crippen LogP contribution in [0.3, 0.4) is 0 Å². The Morgan fingerprint density at radius 2 is 1.72 bits per heavy atom. The van der Waals surface area contributed by atoms with Crippen LogP contribution >= 0.6 is 76.8 Å². The zero-order valence-corrected chi connectivity index (χ0v) is 16.0. The van der Waals surface area contributed by atoms with Crippen LogP contribution < -0.4 is 5.30 Å². The Bertz CT molecular complexity index is 450. The molecule has 0 amide bonds. The van der Waals surface area contributed by atoms with Crippen molar-refractivity contribution in [2.24, 2.45) is 4.52 Å². The monoisotopic (exact) mass is 403 g/mol. The molecule has 2 nitrogen and oxygen atoms in total. The fourth-order valence-corrected chi connectivity index (χ4v) is 9.87. The number of rotatable bonds is 4. The molecule has 1 rings (SSSR count). The Morgan fingerprint density at radius 1 is 1.22 bits per heavy atom. The minimum Gasteiger partial charge on any atom is -0.127 e. The van der Waals surface area contributed by atoms with Crippen LogP contribution in [0.25, 0.3) is 0 Å². The normalized spacial score (nSPS) is 12.9. The molecular weight excluding hydrogens is 394 g/mol. The minimum absolute atomic E-state index is 0.542. The van der Waals surface area contributed by atoms with E-state index in [-0.39, 0.29) is 0 Å². The summed E-state index contributed by atoms with van der Waals surface area (Å²) in [5.74, 6) is 0. The Morgan fingerprint density at radius 3 is 2.17 bits per heavy atom. The summed E-state index contributed by atoms with van der Waals surface area (Å²) in [6.45, 7) is 0.542. The van der Waals surface area contributed by atoms with Gasteiger partial charge in [0.05, 0.1) is 6.54 Å². The summed E-state index contributed by atoms with van der Waals surface area (Å²) < 4.78 is 5.63. The molecule has 0 saturated heterocycles. The second kappa shape index (κ2) is 7.13. The maximum Gasteiger partial charge on any atom is 0.400 e. The molecule has 0 aliphatic heterocycles. The minimum atomic E-state index is -2.92. The molecule has 1 aromatic carbocycles. The highest BCUT2D eigenvalue weighted by Gasteiger charge is 2.43. The standard InChI is InChI=1S/C8H11Cl5N2P3/c1-15(18(12,13)14-17(9,10)11)6-7-2-4-8(16)5-3-7/h2-5H,6,16H2,1H3/q+1. The third-order valence-corrected chi connectivity index (χ3v) is 9.62. The second-order valence-corrected chi connectivity index (χ2v) is 16.6. The highest BCUT2D eigenvalue weighted by Crippen LogP contribution is 2.82. The first-order valence-electron chi connectivity index (χ1n) is 4.67. The van der Waals surface area contributed by atoms with Gasteiger partial charge in [0.1, 0.15) is 0 Å². The third-order valence-electron chi connectivity index (χ3n) is 2.01. The van der Waals surface area contributed by atoms with Crippen molar-refractivity contribution in [3.63, 3.8) is 0 Å². The van der Waals surface area contributed by atoms with Crippen LogP contribution in [0, 0.1) is 0 Å². The van der Waals surface area contributed by atoms with Crippen LogP contribution in [-0.2, 0) is 6.54 Å². The van der Waals surface area contributed by atoms with Gasteiger partial charge in [0, 0.05) is 7.05 Å². The average molecular weight is 405 g/mol. The number of halogens is 5. The van der Waals surface area contributed by atoms with Crippen LogP contribution in [0.1, 0.15) is 5.56 Å². The average Bonchev–Trinajstić information content (AvgIpc) is 2.17. The van der Waals surface area contributed by atoms with Crippen LogP contribution in [0.15, 0.2) is 28.8 Å². The fourth-order valence-electron chi connectivity index (χ4n) is 1.16. The SMILES string of the molecule is CN(Cc1ccc(P)cc1)[P+](Cl)(Cl)N=P(Cl)(Cl)Cl. The molecule has 0 heterocycles. The summed E-state index contributed by atoms with van der Waals surface area (Å²) in [5, 5.41) is -1.81. The van der Waals surface area contributed by atoms with Gasteiger partial charge in [-0.3, -0.25) is 0 Å². The van der Waals surface area contributed by atoms with Crippen molar-refractivity contribution in [3.8, 4) is 0 Å². The lowest BCUT2D eigenvalue weighted by atomic mass is 10.2. The van der Waals surface area contributed by atoms with Crippen molar-refractivity contribution >= 4 is 82.1 Å². The molecule has 102 valence electrons. The van der Waals surface area contributed by atoms with Crippen LogP contribution in [-0.4, -0.2) is 11.7 Å². The molecule has 0 aliphatic carbocycles. The van der Waals surface area contributed by atoms with E-state index in [9.17, 15) is 0 Å². The van der Waals surface area contributed by atoms with Gasteiger partial charge >= 0.3 is 6.27 Å². The predicted octanol–water partition coefficient (Wildman–Crippen LogP) is 6.44. The quantitative estimate of drug-likeness (QED) is 0.527. The zero-order chi connectivity index (χ0) is 14.0. The molecule has 0 aromatic heterocycles. The van der Waals surface area contributed by atoms with Crippen molar-refractivity contribution in [2.45, 2.75) is 6.54 Å². The Hall–Kier alpha value is 1.72. The molecule has 0 bridgehead atoms. The molecule has 1 atom stereocenters. The van der Waals surface area contributed by atoms with Gasteiger partial charge in [-0.1, -0.05) is 24.3 Å². The molecule has 10 heteroatoms. The second-order valence-electron chi connectivity index (χ2n) is 3.52. The van der Waals surface area contributed by atoms with E-state index in [0.29, 0.717) is 6.54 Å². The summed E-state index contributed by atoms with van der Waals surface area (Å²) in [7, 11) is 4.38. The van der Waals surface area contributed by atoms with Crippen molar-refractivity contribution in [1.29, 1.82) is 0 Å². The van der Waals surface area contributed by atoms with E-state index in [0.717, 1.165) is 10.9 Å². The molecular formula is C8H11Cl5N2P3+. The maximum atomic E-state index is 6.16. The number of nitrogens with zero attached hydrogens (tertiary/aromatic N) is 2. The van der Waals surface area contributed by atoms with E-state index >= 15 is 0 Å². The Labute approximate surface area is 134 Å². The number of benzene rings is 1. The molecule has 1 unspecified atom stereocenters. The van der Waals surface area contributed by atoms with Gasteiger partial charge in [-0.2, -0.15) is 0 Å². The van der Waals surface area contributed by atoms with E-state index in [4.69, 9.17) is 56.2 Å². The van der Waals surface area contributed by atoms with Gasteiger partial charge in [0.15, 0.2) is 22.5 Å². The van der Waals surface area contributed by atoms with E-state index in [2.05, 4.69) is 13.8 Å². The highest BCUT2D eigenvalue weighted by atomic mass is 36.0. The van der Waals surface area contributed by atoms with Gasteiger partial charge in [-0.05, 0) is 49.1 Å². The lowest BCUT2D eigenvalue weighted by molar-refractivity contribution is 0.548. The largest absolute Gasteiger partial charge is 0.400 e. The predicted molar refractivity (Wildman–Crippen MR) is 92.8 cm³/mol. The number of hydrogen-bond donors (Lipinski definition) is 0. The van der Waals surface area contributed by atoms with E-state index in [1.807, 2.05) is 24.3 Å². The molecule has 0 radical (unpaired) electrons. The first-order chi connectivity index (χ1) is 8.10. The smallest absolute Gasteiger partial charge is 0.127 e. The maximum absolute atomic E-state index is 6.16. The summed E-state index contributed by atoms with van der Waals surface area (Å²) in [5.41, 5.74) is 1.06. The topological polar surface area (TPSA) is 15.6 Å². The van der Waals surface area contributed by atoms with E-state index in [1.165, 1.54) is 0 Å². The summed E-state index contributed by atoms with van der Waals surface area (Å²) in [6, 6.07) is 7.93. The van der Waals surface area contributed by atoms with Gasteiger partial charge in [-0.15, -0.1) is 13.9 Å². The van der Waals surface area contributed by atoms with E-state index < -0.39 is 11.4 Å². The van der Waals surface area contributed by atoms with Crippen molar-refractivity contribution in [2.75, 3.05) is 7.05 Å². The lowest BCUT2D eigenvalue weighted by Crippen LogP contribution is -2.12. The molecule has 18 heavy (non-hydrogen) atoms. The Kier molecular flexibility index (Phi) is 7.04. The molecule has 0 fully saturated rings. The van der Waals surface area contributed by atoms with Crippen LogP contribution in [0.5, 0.6) is 0 Å². The Balaban J connectivity index is 2.82. The zero-order valence-electron chi connectivity index (χ0n) is 9.27. The first-order valence-corrected chi connectivity index (χ1v) is 13.2. The molecule has 0 N–H and O–H groups in total. The van der Waals surface area contributed by atoms with Gasteiger partial charge in [0.25, 0.3) is 5.11 Å². The number of hydrogen-bond acceptors (Lipinski definition) is 2. The summed E-state index contributed by atoms with van der Waals surface area (Å²) >= 11 is 29.4. The fraction of sp³-hybridized carbons (Fsp3) is 0.250. The summed E-state index contributed by atoms with van der Waals surface area (Å²) in [6.07, 6.45) is -2.78. The van der Waals surface area contributed by atoms with Crippen LogP contribution in [0.4, 0.5) is 0 Å². The lowest BCUT2D eigenvalue weighted by Gasteiger charge is -2.17. The van der Waals surface area contributed by atoms with Gasteiger partial charge < -0.3 is 0 Å². The van der Waals surface area contributed by atoms with Crippen molar-refractivity contribution in [1.82, 2.24) is 4.67 Å².